The molecule has 0 aromatic heterocycles. The molecule has 0 aromatic rings. The number of morpholine rings is 2. The van der Waals surface area contributed by atoms with Gasteiger partial charge >= 0.3 is 18.0 Å². The van der Waals surface area contributed by atoms with Crippen LogP contribution in [0.3, 0.4) is 0 Å². The molecular weight excluding hydrogens is 558 g/mol. The van der Waals surface area contributed by atoms with Crippen molar-refractivity contribution in [2.45, 2.75) is 108 Å². The third kappa shape index (κ3) is 10.2. The van der Waals surface area contributed by atoms with Crippen molar-refractivity contribution in [1.29, 1.82) is 0 Å². The summed E-state index contributed by atoms with van der Waals surface area (Å²) in [7, 11) is 0. The molecule has 13 heteroatoms. The topological polar surface area (TPSA) is 170 Å². The van der Waals surface area contributed by atoms with Crippen LogP contribution in [-0.4, -0.2) is 120 Å². The molecule has 2 aliphatic carbocycles. The Labute approximate surface area is 255 Å². The first kappa shape index (κ1) is 34.8. The molecule has 2 saturated heterocycles. The maximum absolute atomic E-state index is 13.0. The summed E-state index contributed by atoms with van der Waals surface area (Å²) < 4.78 is 10.5. The summed E-state index contributed by atoms with van der Waals surface area (Å²) in [6, 6.07) is -0.705. The van der Waals surface area contributed by atoms with Crippen LogP contribution in [0.2, 0.25) is 0 Å². The van der Waals surface area contributed by atoms with Gasteiger partial charge in [0, 0.05) is 26.2 Å². The van der Waals surface area contributed by atoms with Gasteiger partial charge in [-0.15, -0.1) is 0 Å². The number of carbonyl (C=O) groups is 4. The molecule has 0 spiro atoms. The second-order valence-electron chi connectivity index (χ2n) is 12.1. The molecule has 5 amide bonds. The highest BCUT2D eigenvalue weighted by molar-refractivity contribution is 5.91. The van der Waals surface area contributed by atoms with Crippen molar-refractivity contribution in [3.63, 3.8) is 0 Å². The molecule has 4 fully saturated rings. The highest BCUT2D eigenvalue weighted by Crippen LogP contribution is 2.30. The number of unbranched alkanes of at least 4 members (excludes halogenated alkanes) is 1. The summed E-state index contributed by atoms with van der Waals surface area (Å²) in [6.45, 7) is 6.30. The first-order chi connectivity index (χ1) is 20.7. The van der Waals surface area contributed by atoms with Crippen molar-refractivity contribution in [1.82, 2.24) is 25.8 Å². The van der Waals surface area contributed by atoms with Crippen LogP contribution in [0.1, 0.15) is 90.4 Å². The first-order valence-corrected chi connectivity index (χ1v) is 16.2. The van der Waals surface area contributed by atoms with Crippen LogP contribution in [0.15, 0.2) is 0 Å². The molecule has 2 heterocycles. The molecule has 1 atom stereocenters. The molecule has 4 rings (SSSR count). The van der Waals surface area contributed by atoms with Crippen LogP contribution in [0, 0.1) is 0 Å². The monoisotopic (exact) mass is 611 g/mol. The number of ether oxygens (including phenoxy) is 2. The predicted octanol–water partition coefficient (Wildman–Crippen LogP) is 2.21. The summed E-state index contributed by atoms with van der Waals surface area (Å²) >= 11 is 0. The smallest absolute Gasteiger partial charge is 0.329 e. The number of aliphatic hydroxyl groups excluding tert-OH is 1. The molecule has 5 N–H and O–H groups in total. The van der Waals surface area contributed by atoms with E-state index in [-0.39, 0.29) is 30.6 Å². The van der Waals surface area contributed by atoms with Gasteiger partial charge in [-0.25, -0.2) is 14.4 Å². The Hall–Kier alpha value is -2.64. The fraction of sp³-hybridized carbons (Fsp3) is 0.867. The van der Waals surface area contributed by atoms with E-state index in [1.807, 2.05) is 0 Å². The Kier molecular flexibility index (Phi) is 14.3. The molecule has 0 radical (unpaired) electrons. The number of nitrogens with one attached hydrogen (secondary N) is 3. The normalized spacial score (nSPS) is 22.3. The Bertz CT molecular complexity index is 895. The summed E-state index contributed by atoms with van der Waals surface area (Å²) in [5.74, 6) is -1.06. The number of hydrogen-bond acceptors (Lipinski definition) is 7. The number of aliphatic carboxylic acids is 1. The number of carboxylic acid groups (broad SMARTS) is 1. The molecule has 2 aliphatic heterocycles. The van der Waals surface area contributed by atoms with Gasteiger partial charge < -0.3 is 45.4 Å². The third-order valence-electron chi connectivity index (χ3n) is 9.01. The summed E-state index contributed by atoms with van der Waals surface area (Å²) in [5, 5.41) is 27.7. The lowest BCUT2D eigenvalue weighted by atomic mass is 9.80. The zero-order chi connectivity index (χ0) is 31.1. The van der Waals surface area contributed by atoms with E-state index in [1.54, 1.807) is 9.80 Å². The van der Waals surface area contributed by atoms with Crippen LogP contribution in [-0.2, 0) is 19.1 Å². The van der Waals surface area contributed by atoms with Crippen LogP contribution < -0.4 is 16.0 Å². The molecule has 0 bridgehead atoms. The number of amides is 5. The number of carbonyl (C=O) groups excluding carboxylic acids is 3. The van der Waals surface area contributed by atoms with Gasteiger partial charge in [0.25, 0.3) is 0 Å². The number of hydrogen-bond donors (Lipinski definition) is 5. The Morgan fingerprint density at radius 1 is 0.744 bits per heavy atom. The number of urea groups is 2. The SMILES string of the molecule is CCCC[C@@H](CO)NC(=O)C1(NC(=O)N2CCOCC2)CCCCC1.O=C(NC1(C(=O)O)CCCCC1)N1CCOCC1. The van der Waals surface area contributed by atoms with Crippen molar-refractivity contribution in [3.8, 4) is 0 Å². The van der Waals surface area contributed by atoms with E-state index in [2.05, 4.69) is 22.9 Å². The lowest BCUT2D eigenvalue weighted by molar-refractivity contribution is -0.146. The minimum absolute atomic E-state index is 0.0702. The van der Waals surface area contributed by atoms with Crippen molar-refractivity contribution < 1.29 is 38.9 Å². The van der Waals surface area contributed by atoms with Gasteiger partial charge in [-0.2, -0.15) is 0 Å². The van der Waals surface area contributed by atoms with E-state index in [9.17, 15) is 29.4 Å². The fourth-order valence-corrected chi connectivity index (χ4v) is 6.20. The van der Waals surface area contributed by atoms with Gasteiger partial charge in [0.2, 0.25) is 5.91 Å². The van der Waals surface area contributed by atoms with Gasteiger partial charge in [-0.1, -0.05) is 58.3 Å². The minimum atomic E-state index is -1.06. The molecule has 43 heavy (non-hydrogen) atoms. The highest BCUT2D eigenvalue weighted by Gasteiger charge is 2.43. The van der Waals surface area contributed by atoms with Crippen LogP contribution in [0.5, 0.6) is 0 Å². The lowest BCUT2D eigenvalue weighted by Gasteiger charge is -2.39. The molecule has 246 valence electrons. The van der Waals surface area contributed by atoms with E-state index in [0.717, 1.165) is 57.8 Å². The molecular formula is C30H53N5O8. The van der Waals surface area contributed by atoms with Gasteiger partial charge in [-0.3, -0.25) is 4.79 Å². The Morgan fingerprint density at radius 2 is 1.19 bits per heavy atom. The van der Waals surface area contributed by atoms with Gasteiger partial charge in [-0.05, 0) is 32.1 Å². The maximum atomic E-state index is 13.0. The molecule has 4 aliphatic rings. The second kappa shape index (κ2) is 17.6. The maximum Gasteiger partial charge on any atom is 0.329 e. The van der Waals surface area contributed by atoms with Crippen molar-refractivity contribution in [2.75, 3.05) is 59.2 Å². The zero-order valence-electron chi connectivity index (χ0n) is 25.9. The highest BCUT2D eigenvalue weighted by atomic mass is 16.5. The summed E-state index contributed by atoms with van der Waals surface area (Å²) in [5.41, 5.74) is -1.92. The zero-order valence-corrected chi connectivity index (χ0v) is 25.9. The standard InChI is InChI=1S/C18H33N3O4.C12H20N2O4/c1-2-3-7-15(14-22)19-16(23)18(8-5-4-6-9-18)20-17(24)21-10-12-25-13-11-21;15-10(16)12(4-2-1-3-5-12)13-11(17)14-6-8-18-9-7-14/h15,22H,2-14H2,1H3,(H,19,23)(H,20,24);1-9H2,(H,13,17)(H,15,16)/t15-;/m0./s1. The largest absolute Gasteiger partial charge is 0.480 e. The third-order valence-corrected chi connectivity index (χ3v) is 9.01. The van der Waals surface area contributed by atoms with E-state index in [1.165, 1.54) is 0 Å². The van der Waals surface area contributed by atoms with Crippen molar-refractivity contribution in [3.05, 3.63) is 0 Å². The van der Waals surface area contributed by atoms with Crippen molar-refractivity contribution >= 4 is 23.9 Å². The van der Waals surface area contributed by atoms with Crippen LogP contribution in [0.25, 0.3) is 0 Å². The number of rotatable bonds is 9. The van der Waals surface area contributed by atoms with Crippen molar-refractivity contribution in [2.24, 2.45) is 0 Å². The molecule has 0 unspecified atom stereocenters. The lowest BCUT2D eigenvalue weighted by Crippen LogP contribution is -2.64. The number of aliphatic hydroxyl groups is 1. The minimum Gasteiger partial charge on any atom is -0.480 e. The van der Waals surface area contributed by atoms with E-state index >= 15 is 0 Å². The average Bonchev–Trinajstić information content (AvgIpc) is 3.04. The number of carboxylic acids is 1. The molecule has 0 aromatic carbocycles. The molecule has 2 saturated carbocycles. The van der Waals surface area contributed by atoms with Crippen LogP contribution >= 0.6 is 0 Å². The van der Waals surface area contributed by atoms with E-state index in [0.29, 0.717) is 78.3 Å². The predicted molar refractivity (Wildman–Crippen MR) is 160 cm³/mol. The van der Waals surface area contributed by atoms with Gasteiger partial charge in [0.15, 0.2) is 0 Å². The summed E-state index contributed by atoms with van der Waals surface area (Å²) in [6.07, 6.45) is 10.8. The van der Waals surface area contributed by atoms with Gasteiger partial charge in [0.05, 0.1) is 39.1 Å². The van der Waals surface area contributed by atoms with E-state index in [4.69, 9.17) is 9.47 Å². The molecule has 13 nitrogen and oxygen atoms in total. The van der Waals surface area contributed by atoms with Gasteiger partial charge in [0.1, 0.15) is 11.1 Å². The second-order valence-corrected chi connectivity index (χ2v) is 12.1. The van der Waals surface area contributed by atoms with E-state index < -0.39 is 17.0 Å². The Morgan fingerprint density at radius 3 is 1.60 bits per heavy atom. The first-order valence-electron chi connectivity index (χ1n) is 16.2. The number of nitrogens with zero attached hydrogens (tertiary/aromatic N) is 2. The quantitative estimate of drug-likeness (QED) is 0.264. The van der Waals surface area contributed by atoms with Crippen LogP contribution in [0.4, 0.5) is 9.59 Å². The average molecular weight is 612 g/mol. The fourth-order valence-electron chi connectivity index (χ4n) is 6.20. The Balaban J connectivity index is 0.000000248. The summed E-state index contributed by atoms with van der Waals surface area (Å²) in [4.78, 5) is 52.5.